The Hall–Kier alpha value is -5.46. The number of fused-ring (bicyclic) bond motifs is 10. The lowest BCUT2D eigenvalue weighted by Gasteiger charge is -2.35. The molecule has 222 valence electrons. The molecule has 0 saturated carbocycles. The fraction of sp³-hybridized carbons (Fsp3) is 0.106. The van der Waals surface area contributed by atoms with Gasteiger partial charge in [0.25, 0.3) is 0 Å². The van der Waals surface area contributed by atoms with Crippen LogP contribution in [-0.2, 0) is 11.8 Å². The second kappa shape index (κ2) is 9.77. The fourth-order valence-electron chi connectivity index (χ4n) is 8.75. The van der Waals surface area contributed by atoms with Gasteiger partial charge in [0.15, 0.2) is 0 Å². The third kappa shape index (κ3) is 3.88. The molecular formula is C47H34. The van der Waals surface area contributed by atoms with E-state index in [1.165, 1.54) is 99.4 Å². The minimum atomic E-state index is 0.0305. The topological polar surface area (TPSA) is 0 Å². The van der Waals surface area contributed by atoms with Crippen LogP contribution in [0.2, 0.25) is 0 Å². The largest absolute Gasteiger partial charge is 0.0801 e. The lowest BCUT2D eigenvalue weighted by atomic mass is 9.69. The Bertz CT molecular complexity index is 2520. The summed E-state index contributed by atoms with van der Waals surface area (Å²) in [6, 6.07) is 48.0. The van der Waals surface area contributed by atoms with Gasteiger partial charge in [0, 0.05) is 0 Å². The minimum absolute atomic E-state index is 0.0305. The average molecular weight is 599 g/mol. The molecule has 0 amide bonds. The van der Waals surface area contributed by atoms with Crippen molar-refractivity contribution in [3.8, 4) is 44.5 Å². The Morgan fingerprint density at radius 1 is 0.489 bits per heavy atom. The maximum atomic E-state index is 2.49. The summed E-state index contributed by atoms with van der Waals surface area (Å²) in [6.45, 7) is 4.82. The van der Waals surface area contributed by atoms with E-state index in [0.29, 0.717) is 0 Å². The van der Waals surface area contributed by atoms with Gasteiger partial charge in [-0.2, -0.15) is 0 Å². The summed E-state index contributed by atoms with van der Waals surface area (Å²) >= 11 is 0. The molecule has 0 N–H and O–H groups in total. The highest BCUT2D eigenvalue weighted by Crippen LogP contribution is 2.52. The molecule has 0 atom stereocenters. The van der Waals surface area contributed by atoms with Crippen LogP contribution in [-0.4, -0.2) is 0 Å². The highest BCUT2D eigenvalue weighted by molar-refractivity contribution is 6.20. The zero-order valence-electron chi connectivity index (χ0n) is 26.8. The first-order valence-corrected chi connectivity index (χ1v) is 16.9. The lowest BCUT2D eigenvalue weighted by Crippen LogP contribution is -2.25. The highest BCUT2D eigenvalue weighted by atomic mass is 14.4. The van der Waals surface area contributed by atoms with E-state index >= 15 is 0 Å². The molecule has 3 aliphatic rings. The van der Waals surface area contributed by atoms with Gasteiger partial charge in [-0.25, -0.2) is 0 Å². The maximum absolute atomic E-state index is 2.49. The van der Waals surface area contributed by atoms with Crippen LogP contribution in [0.25, 0.3) is 77.7 Å². The van der Waals surface area contributed by atoms with E-state index in [2.05, 4.69) is 159 Å². The molecule has 0 radical (unpaired) electrons. The summed E-state index contributed by atoms with van der Waals surface area (Å²) in [5.41, 5.74) is 19.0. The van der Waals surface area contributed by atoms with E-state index in [9.17, 15) is 0 Å². The zero-order valence-corrected chi connectivity index (χ0v) is 26.8. The quantitative estimate of drug-likeness (QED) is 0.174. The molecule has 0 unspecified atom stereocenters. The lowest BCUT2D eigenvalue weighted by molar-refractivity contribution is 0.517. The van der Waals surface area contributed by atoms with E-state index in [0.717, 1.165) is 12.8 Å². The molecule has 0 fully saturated rings. The molecule has 47 heavy (non-hydrogen) atoms. The minimum Gasteiger partial charge on any atom is -0.0801 e. The van der Waals surface area contributed by atoms with Crippen LogP contribution in [0, 0.1) is 0 Å². The van der Waals surface area contributed by atoms with Crippen molar-refractivity contribution in [2.45, 2.75) is 32.1 Å². The van der Waals surface area contributed by atoms with Crippen molar-refractivity contribution in [2.24, 2.45) is 0 Å². The molecule has 0 spiro atoms. The maximum Gasteiger partial charge on any atom is -0.00231 e. The van der Waals surface area contributed by atoms with Crippen LogP contribution >= 0.6 is 0 Å². The standard InChI is InChI=1S/C47H34/c1-47(2)28-32-24-31(21-22-33(32)38-23-20-30(25-45(38)47)29-12-4-3-5-13-29)41-26-43-40-19-11-10-18-39-34-14-6-9-17-37(34)44(46(39)40)27-42(43)36-16-8-7-15-35(36)41/h3-9,11-27H,10,28H2,1-2H3. The van der Waals surface area contributed by atoms with Crippen molar-refractivity contribution >= 4 is 33.2 Å². The molecule has 0 bridgehead atoms. The summed E-state index contributed by atoms with van der Waals surface area (Å²) in [4.78, 5) is 0. The molecule has 0 nitrogen and oxygen atoms in total. The van der Waals surface area contributed by atoms with Crippen LogP contribution in [0.5, 0.6) is 0 Å². The van der Waals surface area contributed by atoms with Gasteiger partial charge >= 0.3 is 0 Å². The highest BCUT2D eigenvalue weighted by Gasteiger charge is 2.32. The third-order valence-corrected chi connectivity index (χ3v) is 10.9. The SMILES string of the molecule is CC1(C)Cc2cc(-c3cc4c5c6c(cc4c4ccccc34)-c3ccccc3C6=CCC=C5)ccc2-c2ccc(-c3ccccc3)cc21. The number of rotatable bonds is 2. The number of hydrogen-bond donors (Lipinski definition) is 0. The fourth-order valence-corrected chi connectivity index (χ4v) is 8.75. The van der Waals surface area contributed by atoms with Gasteiger partial charge in [-0.3, -0.25) is 0 Å². The Labute approximate surface area is 276 Å². The van der Waals surface area contributed by atoms with Crippen LogP contribution in [0.4, 0.5) is 0 Å². The van der Waals surface area contributed by atoms with Crippen LogP contribution in [0.15, 0.2) is 140 Å². The van der Waals surface area contributed by atoms with E-state index in [1.807, 2.05) is 0 Å². The molecular weight excluding hydrogens is 565 g/mol. The normalized spacial score (nSPS) is 15.1. The Balaban J connectivity index is 1.18. The Kier molecular flexibility index (Phi) is 5.56. The summed E-state index contributed by atoms with van der Waals surface area (Å²) in [5, 5.41) is 5.31. The van der Waals surface area contributed by atoms with Crippen LogP contribution in [0.1, 0.15) is 48.1 Å². The van der Waals surface area contributed by atoms with Crippen molar-refractivity contribution in [3.05, 3.63) is 167 Å². The molecule has 0 saturated heterocycles. The second-order valence-corrected chi connectivity index (χ2v) is 14.1. The number of benzene rings is 7. The van der Waals surface area contributed by atoms with Crippen molar-refractivity contribution in [3.63, 3.8) is 0 Å². The first-order chi connectivity index (χ1) is 23.0. The average Bonchev–Trinajstić information content (AvgIpc) is 3.25. The molecule has 7 aromatic rings. The molecule has 7 aromatic carbocycles. The summed E-state index contributed by atoms with van der Waals surface area (Å²) < 4.78 is 0. The molecule has 10 rings (SSSR count). The molecule has 0 aromatic heterocycles. The first-order valence-electron chi connectivity index (χ1n) is 16.9. The van der Waals surface area contributed by atoms with Gasteiger partial charge < -0.3 is 0 Å². The molecule has 0 aliphatic heterocycles. The van der Waals surface area contributed by atoms with Crippen LogP contribution < -0.4 is 0 Å². The van der Waals surface area contributed by atoms with Gasteiger partial charge in [-0.05, 0) is 136 Å². The van der Waals surface area contributed by atoms with Crippen molar-refractivity contribution in [1.82, 2.24) is 0 Å². The molecule has 3 aliphatic carbocycles. The van der Waals surface area contributed by atoms with Crippen LogP contribution in [0.3, 0.4) is 0 Å². The zero-order chi connectivity index (χ0) is 31.3. The first kappa shape index (κ1) is 26.7. The summed E-state index contributed by atoms with van der Waals surface area (Å²) in [5.74, 6) is 0. The predicted molar refractivity (Wildman–Crippen MR) is 201 cm³/mol. The summed E-state index contributed by atoms with van der Waals surface area (Å²) in [6.07, 6.45) is 9.09. The molecule has 0 heteroatoms. The number of hydrogen-bond acceptors (Lipinski definition) is 0. The van der Waals surface area contributed by atoms with Crippen molar-refractivity contribution < 1.29 is 0 Å². The van der Waals surface area contributed by atoms with Gasteiger partial charge in [-0.15, -0.1) is 0 Å². The third-order valence-electron chi connectivity index (χ3n) is 10.9. The second-order valence-electron chi connectivity index (χ2n) is 14.1. The van der Waals surface area contributed by atoms with Gasteiger partial charge in [-0.1, -0.05) is 141 Å². The Morgan fingerprint density at radius 2 is 1.21 bits per heavy atom. The number of allylic oxidation sites excluding steroid dienone is 2. The predicted octanol–water partition coefficient (Wildman–Crippen LogP) is 12.7. The van der Waals surface area contributed by atoms with E-state index in [-0.39, 0.29) is 5.41 Å². The molecule has 0 heterocycles. The van der Waals surface area contributed by atoms with Gasteiger partial charge in [0.2, 0.25) is 0 Å². The monoisotopic (exact) mass is 598 g/mol. The Morgan fingerprint density at radius 3 is 2.09 bits per heavy atom. The van der Waals surface area contributed by atoms with E-state index in [4.69, 9.17) is 0 Å². The van der Waals surface area contributed by atoms with Crippen molar-refractivity contribution in [1.29, 1.82) is 0 Å². The van der Waals surface area contributed by atoms with E-state index < -0.39 is 0 Å². The van der Waals surface area contributed by atoms with Gasteiger partial charge in [0.05, 0.1) is 0 Å². The van der Waals surface area contributed by atoms with Crippen molar-refractivity contribution in [2.75, 3.05) is 0 Å². The smallest absolute Gasteiger partial charge is 0.00231 e. The summed E-state index contributed by atoms with van der Waals surface area (Å²) in [7, 11) is 0. The van der Waals surface area contributed by atoms with E-state index in [1.54, 1.807) is 0 Å². The van der Waals surface area contributed by atoms with Gasteiger partial charge in [0.1, 0.15) is 0 Å².